The van der Waals surface area contributed by atoms with E-state index < -0.39 is 0 Å². The van der Waals surface area contributed by atoms with Gasteiger partial charge in [0.05, 0.1) is 11.3 Å². The molecule has 0 N–H and O–H groups in total. The molecule has 1 fully saturated rings. The molecule has 1 saturated heterocycles. The first-order valence-electron chi connectivity index (χ1n) is 7.77. The predicted molar refractivity (Wildman–Crippen MR) is 92.6 cm³/mol. The van der Waals surface area contributed by atoms with Gasteiger partial charge in [-0.15, -0.1) is 0 Å². The first-order valence-corrected chi connectivity index (χ1v) is 8.15. The maximum absolute atomic E-state index is 9.29. The summed E-state index contributed by atoms with van der Waals surface area (Å²) in [6.45, 7) is 5.90. The van der Waals surface area contributed by atoms with Gasteiger partial charge in [0.2, 0.25) is 0 Å². The minimum absolute atomic E-state index is 0.348. The Morgan fingerprint density at radius 2 is 2.00 bits per heavy atom. The predicted octanol–water partition coefficient (Wildman–Crippen LogP) is 3.49. The molecule has 0 radical (unpaired) electrons. The number of pyridine rings is 1. The summed E-state index contributed by atoms with van der Waals surface area (Å²) in [5.41, 5.74) is 2.86. The van der Waals surface area contributed by atoms with Crippen molar-refractivity contribution in [3.8, 4) is 6.07 Å². The van der Waals surface area contributed by atoms with Gasteiger partial charge in [-0.25, -0.2) is 0 Å². The maximum Gasteiger partial charge on any atom is 0.101 e. The van der Waals surface area contributed by atoms with Crippen LogP contribution >= 0.6 is 11.6 Å². The summed E-state index contributed by atoms with van der Waals surface area (Å²) in [7, 11) is 0. The number of aromatic nitrogens is 1. The Labute approximate surface area is 141 Å². The lowest BCUT2D eigenvalue weighted by Gasteiger charge is -2.39. The van der Waals surface area contributed by atoms with Crippen LogP contribution < -0.4 is 4.90 Å². The van der Waals surface area contributed by atoms with Gasteiger partial charge in [0.1, 0.15) is 6.07 Å². The molecule has 1 aliphatic heterocycles. The molecule has 3 rings (SSSR count). The zero-order chi connectivity index (χ0) is 16.2. The van der Waals surface area contributed by atoms with Crippen LogP contribution in [0.3, 0.4) is 0 Å². The molecule has 0 aliphatic carbocycles. The fraction of sp³-hybridized carbons (Fsp3) is 0.333. The highest BCUT2D eigenvalue weighted by molar-refractivity contribution is 6.30. The normalized spacial score (nSPS) is 16.8. The van der Waals surface area contributed by atoms with E-state index in [1.165, 1.54) is 5.56 Å². The average molecular weight is 327 g/mol. The van der Waals surface area contributed by atoms with E-state index in [9.17, 15) is 5.26 Å². The van der Waals surface area contributed by atoms with Gasteiger partial charge in [-0.2, -0.15) is 5.26 Å². The lowest BCUT2D eigenvalue weighted by Crippen LogP contribution is -2.47. The fourth-order valence-corrected chi connectivity index (χ4v) is 3.21. The molecular weight excluding hydrogens is 308 g/mol. The van der Waals surface area contributed by atoms with E-state index in [1.54, 1.807) is 18.3 Å². The lowest BCUT2D eigenvalue weighted by atomic mass is 10.1. The molecular formula is C18H19ClN4. The van der Waals surface area contributed by atoms with Crippen LogP contribution in [0.15, 0.2) is 42.7 Å². The molecule has 2 aromatic rings. The topological polar surface area (TPSA) is 43.2 Å². The van der Waals surface area contributed by atoms with Gasteiger partial charge in [0.15, 0.2) is 0 Å². The first kappa shape index (κ1) is 15.8. The summed E-state index contributed by atoms with van der Waals surface area (Å²) in [6, 6.07) is 12.2. The highest BCUT2D eigenvalue weighted by Crippen LogP contribution is 2.27. The SMILES string of the molecule is CC(c1cccnc1)N1CCN(c2cc(Cl)ccc2C#N)CC1. The van der Waals surface area contributed by atoms with E-state index >= 15 is 0 Å². The Kier molecular flexibility index (Phi) is 4.80. The number of rotatable bonds is 3. The number of piperazine rings is 1. The van der Waals surface area contributed by atoms with Crippen molar-refractivity contribution >= 4 is 17.3 Å². The van der Waals surface area contributed by atoms with Crippen molar-refractivity contribution in [3.63, 3.8) is 0 Å². The Bertz CT molecular complexity index is 703. The third-order valence-electron chi connectivity index (χ3n) is 4.45. The standard InChI is InChI=1S/C18H19ClN4/c1-14(16-3-2-6-21-13-16)22-7-9-23(10-8-22)18-11-17(19)5-4-15(18)12-20/h2-6,11,13-14H,7-10H2,1H3. The molecule has 23 heavy (non-hydrogen) atoms. The largest absolute Gasteiger partial charge is 0.368 e. The Morgan fingerprint density at radius 3 is 2.65 bits per heavy atom. The average Bonchev–Trinajstić information content (AvgIpc) is 2.62. The molecule has 0 bridgehead atoms. The zero-order valence-electron chi connectivity index (χ0n) is 13.1. The van der Waals surface area contributed by atoms with Crippen LogP contribution in [0.25, 0.3) is 0 Å². The molecule has 0 spiro atoms. The summed E-state index contributed by atoms with van der Waals surface area (Å²) in [6.07, 6.45) is 3.73. The molecule has 1 aromatic carbocycles. The third-order valence-corrected chi connectivity index (χ3v) is 4.68. The van der Waals surface area contributed by atoms with Gasteiger partial charge in [-0.05, 0) is 36.8 Å². The lowest BCUT2D eigenvalue weighted by molar-refractivity contribution is 0.198. The van der Waals surface area contributed by atoms with Gasteiger partial charge in [-0.1, -0.05) is 17.7 Å². The second-order valence-corrected chi connectivity index (χ2v) is 6.20. The quantitative estimate of drug-likeness (QED) is 0.866. The second-order valence-electron chi connectivity index (χ2n) is 5.76. The molecule has 5 heteroatoms. The molecule has 0 saturated carbocycles. The van der Waals surface area contributed by atoms with Crippen LogP contribution in [-0.4, -0.2) is 36.1 Å². The maximum atomic E-state index is 9.29. The summed E-state index contributed by atoms with van der Waals surface area (Å²) in [5.74, 6) is 0. The summed E-state index contributed by atoms with van der Waals surface area (Å²) in [5, 5.41) is 9.96. The van der Waals surface area contributed by atoms with Crippen molar-refractivity contribution < 1.29 is 0 Å². The molecule has 1 unspecified atom stereocenters. The number of nitrogens with zero attached hydrogens (tertiary/aromatic N) is 4. The molecule has 0 amide bonds. The molecule has 118 valence electrons. The Morgan fingerprint density at radius 1 is 1.22 bits per heavy atom. The van der Waals surface area contributed by atoms with Crippen molar-refractivity contribution in [3.05, 3.63) is 58.9 Å². The summed E-state index contributed by atoms with van der Waals surface area (Å²) >= 11 is 6.10. The zero-order valence-corrected chi connectivity index (χ0v) is 13.9. The van der Waals surface area contributed by atoms with Crippen molar-refractivity contribution in [1.29, 1.82) is 5.26 Å². The van der Waals surface area contributed by atoms with Crippen LogP contribution in [0, 0.1) is 11.3 Å². The first-order chi connectivity index (χ1) is 11.2. The van der Waals surface area contributed by atoms with E-state index in [-0.39, 0.29) is 0 Å². The van der Waals surface area contributed by atoms with Crippen molar-refractivity contribution in [1.82, 2.24) is 9.88 Å². The summed E-state index contributed by atoms with van der Waals surface area (Å²) < 4.78 is 0. The number of halogens is 1. The fourth-order valence-electron chi connectivity index (χ4n) is 3.05. The highest BCUT2D eigenvalue weighted by atomic mass is 35.5. The Balaban J connectivity index is 1.70. The second kappa shape index (κ2) is 6.99. The minimum Gasteiger partial charge on any atom is -0.368 e. The molecule has 1 aromatic heterocycles. The van der Waals surface area contributed by atoms with E-state index in [0.717, 1.165) is 31.9 Å². The molecule has 1 atom stereocenters. The molecule has 1 aliphatic rings. The van der Waals surface area contributed by atoms with Gasteiger partial charge < -0.3 is 4.90 Å². The van der Waals surface area contributed by atoms with Gasteiger partial charge in [0, 0.05) is 49.6 Å². The highest BCUT2D eigenvalue weighted by Gasteiger charge is 2.23. The van der Waals surface area contributed by atoms with Crippen LogP contribution in [-0.2, 0) is 0 Å². The number of anilines is 1. The third kappa shape index (κ3) is 3.47. The molecule has 2 heterocycles. The van der Waals surface area contributed by atoms with Crippen LogP contribution in [0.4, 0.5) is 5.69 Å². The van der Waals surface area contributed by atoms with Crippen molar-refractivity contribution in [2.45, 2.75) is 13.0 Å². The van der Waals surface area contributed by atoms with E-state index in [0.29, 0.717) is 16.6 Å². The Hall–Kier alpha value is -2.09. The van der Waals surface area contributed by atoms with Crippen molar-refractivity contribution in [2.75, 3.05) is 31.1 Å². The number of hydrogen-bond acceptors (Lipinski definition) is 4. The van der Waals surface area contributed by atoms with E-state index in [1.807, 2.05) is 18.3 Å². The number of nitriles is 1. The van der Waals surface area contributed by atoms with E-state index in [2.05, 4.69) is 33.8 Å². The van der Waals surface area contributed by atoms with Gasteiger partial charge in [-0.3, -0.25) is 9.88 Å². The molecule has 4 nitrogen and oxygen atoms in total. The van der Waals surface area contributed by atoms with E-state index in [4.69, 9.17) is 11.6 Å². The van der Waals surface area contributed by atoms with Crippen LogP contribution in [0.2, 0.25) is 5.02 Å². The number of benzene rings is 1. The number of hydrogen-bond donors (Lipinski definition) is 0. The summed E-state index contributed by atoms with van der Waals surface area (Å²) in [4.78, 5) is 8.90. The van der Waals surface area contributed by atoms with Crippen molar-refractivity contribution in [2.24, 2.45) is 0 Å². The van der Waals surface area contributed by atoms with Crippen LogP contribution in [0.5, 0.6) is 0 Å². The van der Waals surface area contributed by atoms with Gasteiger partial charge in [0.25, 0.3) is 0 Å². The minimum atomic E-state index is 0.348. The van der Waals surface area contributed by atoms with Gasteiger partial charge >= 0.3 is 0 Å². The van der Waals surface area contributed by atoms with Crippen LogP contribution in [0.1, 0.15) is 24.1 Å². The monoisotopic (exact) mass is 326 g/mol. The smallest absolute Gasteiger partial charge is 0.101 e.